The molecule has 0 aliphatic heterocycles. The molecule has 2 rings (SSSR count). The van der Waals surface area contributed by atoms with Crippen LogP contribution in [0.5, 0.6) is 0 Å². The van der Waals surface area contributed by atoms with Crippen LogP contribution in [0, 0.1) is 5.82 Å². The molecule has 16 heteroatoms. The van der Waals surface area contributed by atoms with Gasteiger partial charge in [-0.25, -0.2) is 22.2 Å². The van der Waals surface area contributed by atoms with Gasteiger partial charge in [0, 0.05) is 18.8 Å². The highest BCUT2D eigenvalue weighted by Crippen LogP contribution is 2.21. The molecular weight excluding hydrogens is 487 g/mol. The predicted molar refractivity (Wildman–Crippen MR) is 101 cm³/mol. The lowest BCUT2D eigenvalue weighted by Crippen LogP contribution is -2.33. The summed E-state index contributed by atoms with van der Waals surface area (Å²) in [6, 6.07) is 3.95. The fraction of sp³-hybridized carbons (Fsp3) is 0.250. The van der Waals surface area contributed by atoms with Crippen LogP contribution in [0.3, 0.4) is 0 Å². The van der Waals surface area contributed by atoms with E-state index in [4.69, 9.17) is 0 Å². The first-order valence-electron chi connectivity index (χ1n) is 7.25. The van der Waals surface area contributed by atoms with E-state index in [1.165, 1.54) is 18.2 Å². The summed E-state index contributed by atoms with van der Waals surface area (Å²) < 4.78 is 64.9. The summed E-state index contributed by atoms with van der Waals surface area (Å²) in [6.45, 7) is -0.373. The lowest BCUT2D eigenvalue weighted by Gasteiger charge is -2.09. The smallest absolute Gasteiger partial charge is 0.317 e. The molecule has 154 valence electrons. The van der Waals surface area contributed by atoms with Crippen molar-refractivity contribution in [3.8, 4) is 0 Å². The summed E-state index contributed by atoms with van der Waals surface area (Å²) in [5, 5.41) is 24.7. The van der Waals surface area contributed by atoms with Crippen LogP contribution in [0.4, 0.5) is 15.9 Å². The molecule has 28 heavy (non-hydrogen) atoms. The Labute approximate surface area is 166 Å². The number of amidine groups is 1. The predicted octanol–water partition coefficient (Wildman–Crippen LogP) is 0.510. The molecule has 1 heterocycles. The molecular formula is C12H14BrFN6O6S2. The van der Waals surface area contributed by atoms with E-state index in [-0.39, 0.29) is 34.9 Å². The van der Waals surface area contributed by atoms with Crippen molar-refractivity contribution in [1.82, 2.24) is 15.0 Å². The molecule has 0 aliphatic rings. The van der Waals surface area contributed by atoms with Crippen molar-refractivity contribution in [2.45, 2.75) is 0 Å². The minimum absolute atomic E-state index is 0.0139. The number of nitrogens with one attached hydrogen (secondary N) is 3. The number of halogens is 2. The van der Waals surface area contributed by atoms with E-state index in [1.54, 1.807) is 0 Å². The van der Waals surface area contributed by atoms with E-state index in [2.05, 4.69) is 46.7 Å². The van der Waals surface area contributed by atoms with Crippen LogP contribution in [-0.2, 0) is 17.9 Å². The number of hydrogen-bond acceptors (Lipinski definition) is 10. The minimum atomic E-state index is -4.51. The molecule has 0 saturated heterocycles. The summed E-state index contributed by atoms with van der Waals surface area (Å²) in [4.78, 5) is 0. The molecule has 1 aromatic heterocycles. The average Bonchev–Trinajstić information content (AvgIpc) is 3.07. The Morgan fingerprint density at radius 3 is 2.61 bits per heavy atom. The van der Waals surface area contributed by atoms with Gasteiger partial charge in [0.2, 0.25) is 11.7 Å². The summed E-state index contributed by atoms with van der Waals surface area (Å²) in [5.74, 6) is -0.700. The molecule has 0 fully saturated rings. The monoisotopic (exact) mass is 500 g/mol. The van der Waals surface area contributed by atoms with E-state index >= 15 is 0 Å². The molecule has 4 N–H and O–H groups in total. The topological polar surface area (TPSA) is 176 Å². The SMILES string of the molecule is CS(=O)(=O)S(=O)(=O)NCCNc1nonc1/C(=N\O)Nc1ccc(F)c(Br)c1. The third-order valence-corrected chi connectivity index (χ3v) is 7.80. The average molecular weight is 501 g/mol. The van der Waals surface area contributed by atoms with Gasteiger partial charge in [0.1, 0.15) is 5.82 Å². The van der Waals surface area contributed by atoms with Crippen LogP contribution >= 0.6 is 15.9 Å². The van der Waals surface area contributed by atoms with E-state index in [0.717, 1.165) is 0 Å². The summed E-state index contributed by atoms with van der Waals surface area (Å²) in [7, 11) is -8.82. The highest BCUT2D eigenvalue weighted by Gasteiger charge is 2.23. The van der Waals surface area contributed by atoms with Gasteiger partial charge in [0.15, 0.2) is 5.69 Å². The van der Waals surface area contributed by atoms with Crippen LogP contribution in [0.2, 0.25) is 0 Å². The Hall–Kier alpha value is -2.30. The lowest BCUT2D eigenvalue weighted by molar-refractivity contribution is 0.305. The third-order valence-electron chi connectivity index (χ3n) is 3.09. The maximum atomic E-state index is 13.3. The highest BCUT2D eigenvalue weighted by atomic mass is 79.9. The maximum Gasteiger partial charge on any atom is 0.317 e. The van der Waals surface area contributed by atoms with Crippen molar-refractivity contribution in [1.29, 1.82) is 0 Å². The molecule has 0 atom stereocenters. The second kappa shape index (κ2) is 8.80. The Kier molecular flexibility index (Phi) is 6.91. The van der Waals surface area contributed by atoms with Gasteiger partial charge >= 0.3 is 9.06 Å². The highest BCUT2D eigenvalue weighted by molar-refractivity contribution is 9.10. The van der Waals surface area contributed by atoms with Gasteiger partial charge in [-0.15, -0.1) is 0 Å². The first-order valence-corrected chi connectivity index (χ1v) is 11.9. The molecule has 0 amide bonds. The summed E-state index contributed by atoms with van der Waals surface area (Å²) in [6.07, 6.45) is 0.561. The molecule has 2 aromatic rings. The van der Waals surface area contributed by atoms with E-state index < -0.39 is 23.7 Å². The molecule has 0 aliphatic carbocycles. The molecule has 0 saturated carbocycles. The maximum absolute atomic E-state index is 13.3. The quantitative estimate of drug-likeness (QED) is 0.0996. The zero-order valence-electron chi connectivity index (χ0n) is 14.0. The van der Waals surface area contributed by atoms with Crippen LogP contribution in [-0.4, -0.2) is 57.5 Å². The summed E-state index contributed by atoms with van der Waals surface area (Å²) >= 11 is 3.02. The fourth-order valence-electron chi connectivity index (χ4n) is 1.77. The fourth-order valence-corrected chi connectivity index (χ4v) is 3.60. The number of anilines is 2. The van der Waals surface area contributed by atoms with Gasteiger partial charge in [0.05, 0.1) is 10.7 Å². The standard InChI is InChI=1S/C12H14BrFN6O6S2/c1-27(22,23)28(24,25)16-5-4-15-11-10(19-26-20-11)12(18-21)17-7-2-3-9(14)8(13)6-7/h2-3,6,16,21H,4-5H2,1H3,(H,15,20)(H,17,18). The first kappa shape index (κ1) is 22.0. The second-order valence-electron chi connectivity index (χ2n) is 5.14. The van der Waals surface area contributed by atoms with Crippen LogP contribution in [0.15, 0.2) is 32.5 Å². The van der Waals surface area contributed by atoms with Crippen molar-refractivity contribution in [2.75, 3.05) is 30.0 Å². The molecule has 0 spiro atoms. The Morgan fingerprint density at radius 2 is 2.00 bits per heavy atom. The van der Waals surface area contributed by atoms with Gasteiger partial charge in [-0.3, -0.25) is 0 Å². The van der Waals surface area contributed by atoms with Gasteiger partial charge in [-0.05, 0) is 44.4 Å². The molecule has 0 unspecified atom stereocenters. The third kappa shape index (κ3) is 5.37. The van der Waals surface area contributed by atoms with Crippen LogP contribution in [0.25, 0.3) is 0 Å². The van der Waals surface area contributed by atoms with Crippen molar-refractivity contribution in [3.63, 3.8) is 0 Å². The molecule has 0 radical (unpaired) electrons. The normalized spacial score (nSPS) is 12.8. The van der Waals surface area contributed by atoms with E-state index in [9.17, 15) is 26.4 Å². The number of aromatic nitrogens is 2. The van der Waals surface area contributed by atoms with E-state index in [0.29, 0.717) is 11.9 Å². The molecule has 12 nitrogen and oxygen atoms in total. The number of rotatable bonds is 8. The van der Waals surface area contributed by atoms with Gasteiger partial charge < -0.3 is 15.8 Å². The number of hydrogen-bond donors (Lipinski definition) is 4. The minimum Gasteiger partial charge on any atom is -0.409 e. The van der Waals surface area contributed by atoms with Crippen molar-refractivity contribution >= 4 is 51.2 Å². The van der Waals surface area contributed by atoms with Crippen molar-refractivity contribution in [2.24, 2.45) is 5.16 Å². The number of benzene rings is 1. The zero-order chi connectivity index (χ0) is 20.9. The first-order chi connectivity index (χ1) is 13.0. The number of oxime groups is 1. The number of nitrogens with zero attached hydrogens (tertiary/aromatic N) is 3. The van der Waals surface area contributed by atoms with Gasteiger partial charge in [0.25, 0.3) is 8.87 Å². The Bertz CT molecular complexity index is 1090. The lowest BCUT2D eigenvalue weighted by atomic mass is 10.3. The van der Waals surface area contributed by atoms with Gasteiger partial charge in [-0.1, -0.05) is 5.16 Å². The summed E-state index contributed by atoms with van der Waals surface area (Å²) in [5.41, 5.74) is 0.296. The zero-order valence-corrected chi connectivity index (χ0v) is 17.3. The molecule has 1 aromatic carbocycles. The molecule has 0 bridgehead atoms. The largest absolute Gasteiger partial charge is 0.409 e. The van der Waals surface area contributed by atoms with Crippen LogP contribution < -0.4 is 15.4 Å². The van der Waals surface area contributed by atoms with E-state index in [1.807, 2.05) is 4.72 Å². The van der Waals surface area contributed by atoms with Crippen molar-refractivity contribution in [3.05, 3.63) is 34.2 Å². The van der Waals surface area contributed by atoms with Crippen LogP contribution in [0.1, 0.15) is 5.69 Å². The second-order valence-corrected chi connectivity index (χ2v) is 11.7. The van der Waals surface area contributed by atoms with Crippen molar-refractivity contribution < 1.29 is 31.1 Å². The Balaban J connectivity index is 2.04. The van der Waals surface area contributed by atoms with Gasteiger partial charge in [-0.2, -0.15) is 8.42 Å². The Morgan fingerprint density at radius 1 is 1.29 bits per heavy atom.